The highest BCUT2D eigenvalue weighted by molar-refractivity contribution is 5.85. The molecular weight excluding hydrogens is 382 g/mol. The van der Waals surface area contributed by atoms with Gasteiger partial charge in [0.15, 0.2) is 6.61 Å². The van der Waals surface area contributed by atoms with Crippen LogP contribution in [0.3, 0.4) is 0 Å². The maximum Gasteiger partial charge on any atom is 0.260 e. The minimum atomic E-state index is -0.501. The lowest BCUT2D eigenvalue weighted by atomic mass is 9.78. The van der Waals surface area contributed by atoms with E-state index in [0.717, 1.165) is 5.56 Å². The number of nitrogens with two attached hydrogens (primary N) is 1. The lowest BCUT2D eigenvalue weighted by Gasteiger charge is -2.42. The van der Waals surface area contributed by atoms with Crippen molar-refractivity contribution in [1.29, 1.82) is 0 Å². The van der Waals surface area contributed by atoms with Gasteiger partial charge in [0.05, 0.1) is 5.41 Å². The lowest BCUT2D eigenvalue weighted by molar-refractivity contribution is -0.151. The van der Waals surface area contributed by atoms with E-state index < -0.39 is 5.41 Å². The number of hydrogen-bond donors (Lipinski definition) is 1. The maximum absolute atomic E-state index is 13.0. The molecule has 2 fully saturated rings. The lowest BCUT2D eigenvalue weighted by Crippen LogP contribution is -2.57. The second kappa shape index (κ2) is 10.1. The van der Waals surface area contributed by atoms with Crippen molar-refractivity contribution in [2.24, 2.45) is 11.1 Å². The van der Waals surface area contributed by atoms with E-state index in [1.54, 1.807) is 4.90 Å². The number of carbonyl (C=O) groups is 2. The van der Waals surface area contributed by atoms with Crippen LogP contribution in [0, 0.1) is 12.3 Å². The second-order valence-corrected chi connectivity index (χ2v) is 7.37. The summed E-state index contributed by atoms with van der Waals surface area (Å²) in [6.07, 6.45) is 1.34. The quantitative estimate of drug-likeness (QED) is 0.787. The molecule has 2 amide bonds. The Hall–Kier alpha value is -1.83. The van der Waals surface area contributed by atoms with Crippen LogP contribution in [0.25, 0.3) is 0 Å². The molecule has 0 saturated carbocycles. The third-order valence-electron chi connectivity index (χ3n) is 5.60. The number of ether oxygens (including phenoxy) is 2. The van der Waals surface area contributed by atoms with E-state index in [-0.39, 0.29) is 30.8 Å². The molecule has 2 heterocycles. The van der Waals surface area contributed by atoms with Crippen molar-refractivity contribution in [3.63, 3.8) is 0 Å². The summed E-state index contributed by atoms with van der Waals surface area (Å²) in [4.78, 5) is 29.0. The van der Waals surface area contributed by atoms with Crippen LogP contribution in [-0.4, -0.2) is 74.2 Å². The Morgan fingerprint density at radius 3 is 2.21 bits per heavy atom. The number of aryl methyl sites for hydroxylation is 1. The number of rotatable bonds is 5. The predicted octanol–water partition coefficient (Wildman–Crippen LogP) is 1.22. The molecule has 28 heavy (non-hydrogen) atoms. The molecule has 0 spiro atoms. The van der Waals surface area contributed by atoms with Gasteiger partial charge in [-0.3, -0.25) is 9.59 Å². The van der Waals surface area contributed by atoms with Crippen LogP contribution < -0.4 is 10.5 Å². The summed E-state index contributed by atoms with van der Waals surface area (Å²) in [5, 5.41) is 0. The average Bonchev–Trinajstić information content (AvgIpc) is 2.73. The van der Waals surface area contributed by atoms with Crippen molar-refractivity contribution >= 4 is 24.2 Å². The second-order valence-electron chi connectivity index (χ2n) is 7.37. The van der Waals surface area contributed by atoms with Crippen LogP contribution in [0.4, 0.5) is 0 Å². The van der Waals surface area contributed by atoms with Crippen molar-refractivity contribution < 1.29 is 19.1 Å². The molecule has 156 valence electrons. The first-order chi connectivity index (χ1) is 13.0. The molecule has 0 aliphatic carbocycles. The Bertz CT molecular complexity index is 654. The van der Waals surface area contributed by atoms with Crippen molar-refractivity contribution in [2.75, 3.05) is 52.5 Å². The fourth-order valence-electron chi connectivity index (χ4n) is 3.63. The summed E-state index contributed by atoms with van der Waals surface area (Å²) >= 11 is 0. The molecule has 0 unspecified atom stereocenters. The Labute approximate surface area is 172 Å². The monoisotopic (exact) mass is 411 g/mol. The number of nitrogens with zero attached hydrogens (tertiary/aromatic N) is 2. The molecule has 2 N–H and O–H groups in total. The Morgan fingerprint density at radius 1 is 1.07 bits per heavy atom. The van der Waals surface area contributed by atoms with Gasteiger partial charge in [-0.2, -0.15) is 0 Å². The van der Waals surface area contributed by atoms with E-state index in [1.807, 2.05) is 36.1 Å². The van der Waals surface area contributed by atoms with Gasteiger partial charge in [-0.05, 0) is 31.9 Å². The summed E-state index contributed by atoms with van der Waals surface area (Å²) in [7, 11) is 0. The normalized spacial score (nSPS) is 18.9. The van der Waals surface area contributed by atoms with Gasteiger partial charge in [0.2, 0.25) is 5.91 Å². The molecule has 8 heteroatoms. The Kier molecular flexibility index (Phi) is 8.10. The van der Waals surface area contributed by atoms with Gasteiger partial charge in [-0.15, -0.1) is 12.4 Å². The first-order valence-corrected chi connectivity index (χ1v) is 9.58. The molecule has 2 aliphatic heterocycles. The third kappa shape index (κ3) is 5.16. The van der Waals surface area contributed by atoms with Crippen molar-refractivity contribution in [3.8, 4) is 5.75 Å². The minimum absolute atomic E-state index is 0. The highest BCUT2D eigenvalue weighted by Gasteiger charge is 2.42. The molecule has 1 aromatic rings. The summed E-state index contributed by atoms with van der Waals surface area (Å²) in [6, 6.07) is 7.63. The standard InChI is InChI=1S/C20H29N3O4.ClH/c1-16-2-4-17(5-3-16)27-14-18(24)22-8-10-23(11-9-22)19(25)20(15-21)6-12-26-13-7-20;/h2-5H,6-15,21H2,1H3;1H. The number of benzene rings is 1. The van der Waals surface area contributed by atoms with Crippen LogP contribution >= 0.6 is 12.4 Å². The van der Waals surface area contributed by atoms with Gasteiger partial charge in [-0.1, -0.05) is 17.7 Å². The first kappa shape index (κ1) is 22.5. The fourth-order valence-corrected chi connectivity index (χ4v) is 3.63. The van der Waals surface area contributed by atoms with Crippen LogP contribution in [0.2, 0.25) is 0 Å². The fraction of sp³-hybridized carbons (Fsp3) is 0.600. The Balaban J connectivity index is 0.00000280. The SMILES string of the molecule is Cc1ccc(OCC(=O)N2CCN(C(=O)C3(CN)CCOCC3)CC2)cc1.Cl. The zero-order chi connectivity index (χ0) is 19.3. The van der Waals surface area contributed by atoms with E-state index >= 15 is 0 Å². The molecule has 0 radical (unpaired) electrons. The zero-order valence-corrected chi connectivity index (χ0v) is 17.2. The third-order valence-corrected chi connectivity index (χ3v) is 5.60. The first-order valence-electron chi connectivity index (χ1n) is 9.58. The summed E-state index contributed by atoms with van der Waals surface area (Å²) in [5.74, 6) is 0.741. The van der Waals surface area contributed by atoms with Crippen molar-refractivity contribution in [2.45, 2.75) is 19.8 Å². The molecule has 1 aromatic carbocycles. The summed E-state index contributed by atoms with van der Waals surface area (Å²) < 4.78 is 11.0. The molecule has 7 nitrogen and oxygen atoms in total. The molecule has 0 aromatic heterocycles. The number of carbonyl (C=O) groups excluding carboxylic acids is 2. The van der Waals surface area contributed by atoms with Gasteiger partial charge in [-0.25, -0.2) is 0 Å². The zero-order valence-electron chi connectivity index (χ0n) is 16.4. The van der Waals surface area contributed by atoms with E-state index in [1.165, 1.54) is 0 Å². The van der Waals surface area contributed by atoms with Crippen molar-refractivity contribution in [1.82, 2.24) is 9.80 Å². The van der Waals surface area contributed by atoms with Crippen LogP contribution in [-0.2, 0) is 14.3 Å². The topological polar surface area (TPSA) is 85.1 Å². The summed E-state index contributed by atoms with van der Waals surface area (Å²) in [5.41, 5.74) is 6.59. The molecular formula is C20H30ClN3O4. The number of piperazine rings is 1. The predicted molar refractivity (Wildman–Crippen MR) is 109 cm³/mol. The molecule has 3 rings (SSSR count). The molecule has 2 aliphatic rings. The van der Waals surface area contributed by atoms with Gasteiger partial charge in [0.1, 0.15) is 5.75 Å². The number of hydrogen-bond acceptors (Lipinski definition) is 5. The molecule has 0 atom stereocenters. The van der Waals surface area contributed by atoms with Crippen LogP contribution in [0.15, 0.2) is 24.3 Å². The molecule has 0 bridgehead atoms. The van der Waals surface area contributed by atoms with E-state index in [0.29, 0.717) is 64.5 Å². The summed E-state index contributed by atoms with van der Waals surface area (Å²) in [6.45, 7) is 5.66. The smallest absolute Gasteiger partial charge is 0.260 e. The Morgan fingerprint density at radius 2 is 1.64 bits per heavy atom. The van der Waals surface area contributed by atoms with Gasteiger partial charge in [0, 0.05) is 45.9 Å². The van der Waals surface area contributed by atoms with Crippen LogP contribution in [0.1, 0.15) is 18.4 Å². The average molecular weight is 412 g/mol. The van der Waals surface area contributed by atoms with E-state index in [9.17, 15) is 9.59 Å². The van der Waals surface area contributed by atoms with Crippen LogP contribution in [0.5, 0.6) is 5.75 Å². The van der Waals surface area contributed by atoms with Gasteiger partial charge < -0.3 is 25.0 Å². The minimum Gasteiger partial charge on any atom is -0.484 e. The number of amides is 2. The highest BCUT2D eigenvalue weighted by atomic mass is 35.5. The van der Waals surface area contributed by atoms with Gasteiger partial charge in [0.25, 0.3) is 5.91 Å². The van der Waals surface area contributed by atoms with Crippen molar-refractivity contribution in [3.05, 3.63) is 29.8 Å². The van der Waals surface area contributed by atoms with E-state index in [4.69, 9.17) is 15.2 Å². The number of halogens is 1. The van der Waals surface area contributed by atoms with E-state index in [2.05, 4.69) is 0 Å². The highest BCUT2D eigenvalue weighted by Crippen LogP contribution is 2.32. The largest absolute Gasteiger partial charge is 0.484 e. The molecule has 2 saturated heterocycles. The maximum atomic E-state index is 13.0. The van der Waals surface area contributed by atoms with Gasteiger partial charge >= 0.3 is 0 Å².